The van der Waals surface area contributed by atoms with Crippen molar-refractivity contribution in [2.24, 2.45) is 5.92 Å². The number of hydrogen-bond donors (Lipinski definition) is 7. The molecule has 2 aliphatic rings. The third-order valence-electron chi connectivity index (χ3n) is 4.75. The number of aliphatic hydroxyl groups excluding tert-OH is 7. The molecular weight excluding hydrogens is 328 g/mol. The van der Waals surface area contributed by atoms with Crippen molar-refractivity contribution in [2.45, 2.75) is 61.5 Å². The van der Waals surface area contributed by atoms with Gasteiger partial charge in [-0.3, -0.25) is 0 Å². The number of ether oxygens (including phenoxy) is 3. The first kappa shape index (κ1) is 19.9. The van der Waals surface area contributed by atoms with Gasteiger partial charge in [-0.15, -0.1) is 0 Å². The quantitative estimate of drug-likeness (QED) is 0.258. The molecule has 0 saturated carbocycles. The predicted molar refractivity (Wildman–Crippen MR) is 76.6 cm³/mol. The molecule has 2 saturated heterocycles. The third-order valence-corrected chi connectivity index (χ3v) is 4.75. The minimum Gasteiger partial charge on any atom is -0.394 e. The van der Waals surface area contributed by atoms with Crippen LogP contribution in [0.4, 0.5) is 0 Å². The van der Waals surface area contributed by atoms with E-state index in [1.807, 2.05) is 0 Å². The van der Waals surface area contributed by atoms with Crippen molar-refractivity contribution in [2.75, 3.05) is 20.3 Å². The molecule has 2 aliphatic heterocycles. The lowest BCUT2D eigenvalue weighted by Crippen LogP contribution is -2.61. The molecule has 0 aromatic heterocycles. The Bertz CT molecular complexity index is 378. The van der Waals surface area contributed by atoms with Crippen LogP contribution in [0.1, 0.15) is 6.42 Å². The van der Waals surface area contributed by atoms with Crippen molar-refractivity contribution >= 4 is 0 Å². The molecular formula is C14H26O10. The van der Waals surface area contributed by atoms with Gasteiger partial charge in [-0.2, -0.15) is 0 Å². The van der Waals surface area contributed by atoms with E-state index < -0.39 is 74.3 Å². The second kappa shape index (κ2) is 8.32. The van der Waals surface area contributed by atoms with Crippen LogP contribution >= 0.6 is 0 Å². The lowest BCUT2D eigenvalue weighted by Gasteiger charge is -2.45. The van der Waals surface area contributed by atoms with E-state index in [4.69, 9.17) is 14.2 Å². The minimum absolute atomic E-state index is 0.108. The molecule has 0 radical (unpaired) electrons. The zero-order chi connectivity index (χ0) is 18.0. The highest BCUT2D eigenvalue weighted by Crippen LogP contribution is 2.33. The summed E-state index contributed by atoms with van der Waals surface area (Å²) in [4.78, 5) is 0. The Kier molecular flexibility index (Phi) is 6.90. The maximum Gasteiger partial charge on any atom is 0.184 e. The van der Waals surface area contributed by atoms with E-state index in [1.165, 1.54) is 7.11 Å². The average molecular weight is 354 g/mol. The van der Waals surface area contributed by atoms with Crippen LogP contribution in [-0.2, 0) is 14.2 Å². The molecule has 24 heavy (non-hydrogen) atoms. The molecule has 7 N–H and O–H groups in total. The van der Waals surface area contributed by atoms with Crippen LogP contribution in [0.3, 0.4) is 0 Å². The Balaban J connectivity index is 2.14. The molecule has 2 heterocycles. The smallest absolute Gasteiger partial charge is 0.184 e. The molecule has 10 atom stereocenters. The van der Waals surface area contributed by atoms with Crippen molar-refractivity contribution in [3.8, 4) is 0 Å². The summed E-state index contributed by atoms with van der Waals surface area (Å²) in [5.74, 6) is -0.887. The summed E-state index contributed by atoms with van der Waals surface area (Å²) in [5, 5.41) is 68.7. The van der Waals surface area contributed by atoms with Crippen LogP contribution in [0.2, 0.25) is 0 Å². The third kappa shape index (κ3) is 3.73. The van der Waals surface area contributed by atoms with E-state index in [9.17, 15) is 35.7 Å². The topological polar surface area (TPSA) is 169 Å². The lowest BCUT2D eigenvalue weighted by molar-refractivity contribution is -0.293. The van der Waals surface area contributed by atoms with E-state index in [0.29, 0.717) is 0 Å². The van der Waals surface area contributed by atoms with Crippen LogP contribution in [-0.4, -0.2) is 111 Å². The van der Waals surface area contributed by atoms with Crippen LogP contribution in [0.5, 0.6) is 0 Å². The predicted octanol–water partition coefficient (Wildman–Crippen LogP) is -4.08. The lowest BCUT2D eigenvalue weighted by atomic mass is 9.81. The van der Waals surface area contributed by atoms with E-state index in [-0.39, 0.29) is 6.42 Å². The van der Waals surface area contributed by atoms with Gasteiger partial charge >= 0.3 is 0 Å². The van der Waals surface area contributed by atoms with Crippen LogP contribution in [0.15, 0.2) is 0 Å². The van der Waals surface area contributed by atoms with E-state index in [0.717, 1.165) is 0 Å². The van der Waals surface area contributed by atoms with Gasteiger partial charge in [-0.05, 0) is 6.42 Å². The minimum atomic E-state index is -1.54. The molecule has 2 fully saturated rings. The Morgan fingerprint density at radius 3 is 1.79 bits per heavy atom. The van der Waals surface area contributed by atoms with Gasteiger partial charge in [-0.1, -0.05) is 0 Å². The van der Waals surface area contributed by atoms with E-state index >= 15 is 0 Å². The van der Waals surface area contributed by atoms with Crippen molar-refractivity contribution in [3.05, 3.63) is 0 Å². The molecule has 2 rings (SSSR count). The van der Waals surface area contributed by atoms with Crippen molar-refractivity contribution in [1.29, 1.82) is 0 Å². The number of rotatable bonds is 5. The Morgan fingerprint density at radius 1 is 0.708 bits per heavy atom. The highest BCUT2D eigenvalue weighted by molar-refractivity contribution is 4.96. The fourth-order valence-electron chi connectivity index (χ4n) is 3.28. The first-order chi connectivity index (χ1) is 11.3. The average Bonchev–Trinajstić information content (AvgIpc) is 2.58. The van der Waals surface area contributed by atoms with Gasteiger partial charge in [0.15, 0.2) is 6.29 Å². The molecule has 0 aromatic rings. The van der Waals surface area contributed by atoms with Crippen LogP contribution < -0.4 is 0 Å². The standard InChI is InChI=1S/C14H26O10/c1-22-14-10(18)5(9(17)7(3-15)24-14)2-6-11(19)13(21)12(20)8(4-16)23-6/h5-21H,2-4H2,1H3/t5-,6-,7+,8+,9-,10+,11-,12-,13+,14+/m0/s1. The van der Waals surface area contributed by atoms with Crippen LogP contribution in [0, 0.1) is 5.92 Å². The van der Waals surface area contributed by atoms with Crippen molar-refractivity contribution in [3.63, 3.8) is 0 Å². The summed E-state index contributed by atoms with van der Waals surface area (Å²) >= 11 is 0. The number of methoxy groups -OCH3 is 1. The van der Waals surface area contributed by atoms with E-state index in [2.05, 4.69) is 0 Å². The summed E-state index contributed by atoms with van der Waals surface area (Å²) in [6.07, 6.45) is -11.3. The van der Waals surface area contributed by atoms with Crippen LogP contribution in [0.25, 0.3) is 0 Å². The van der Waals surface area contributed by atoms with Gasteiger partial charge in [0.2, 0.25) is 0 Å². The molecule has 0 aromatic carbocycles. The zero-order valence-electron chi connectivity index (χ0n) is 13.3. The Labute approximate surface area is 138 Å². The number of hydrogen-bond acceptors (Lipinski definition) is 10. The van der Waals surface area contributed by atoms with E-state index in [1.54, 1.807) is 0 Å². The number of aliphatic hydroxyl groups is 7. The summed E-state index contributed by atoms with van der Waals surface area (Å²) < 4.78 is 15.6. The summed E-state index contributed by atoms with van der Waals surface area (Å²) in [6.45, 7) is -1.07. The molecule has 10 heteroatoms. The second-order valence-electron chi connectivity index (χ2n) is 6.21. The molecule has 0 bridgehead atoms. The monoisotopic (exact) mass is 354 g/mol. The maximum atomic E-state index is 10.3. The molecule has 0 unspecified atom stereocenters. The Hall–Kier alpha value is -0.400. The zero-order valence-corrected chi connectivity index (χ0v) is 13.3. The molecule has 142 valence electrons. The van der Waals surface area contributed by atoms with Crippen molar-refractivity contribution in [1.82, 2.24) is 0 Å². The SMILES string of the molecule is CO[C@@H]1O[C@H](CO)[C@@H](O)[C@H](C[C@@H]2O[C@H](CO)[C@H](O)[C@H](O)[C@H]2O)[C@H]1O. The van der Waals surface area contributed by atoms with Gasteiger partial charge in [0.1, 0.15) is 36.6 Å². The highest BCUT2D eigenvalue weighted by Gasteiger charge is 2.49. The fraction of sp³-hybridized carbons (Fsp3) is 1.00. The summed E-state index contributed by atoms with van der Waals surface area (Å²) in [5.41, 5.74) is 0. The van der Waals surface area contributed by atoms with Crippen molar-refractivity contribution < 1.29 is 50.0 Å². The van der Waals surface area contributed by atoms with Gasteiger partial charge in [0.05, 0.1) is 25.4 Å². The maximum absolute atomic E-state index is 10.3. The first-order valence-corrected chi connectivity index (χ1v) is 7.81. The Morgan fingerprint density at radius 2 is 1.25 bits per heavy atom. The fourth-order valence-corrected chi connectivity index (χ4v) is 3.28. The normalized spacial score (nSPS) is 50.0. The molecule has 0 aliphatic carbocycles. The summed E-state index contributed by atoms with van der Waals surface area (Å²) in [7, 11) is 1.30. The molecule has 0 amide bonds. The van der Waals surface area contributed by atoms with Gasteiger partial charge in [-0.25, -0.2) is 0 Å². The highest BCUT2D eigenvalue weighted by atomic mass is 16.7. The van der Waals surface area contributed by atoms with Gasteiger partial charge < -0.3 is 50.0 Å². The van der Waals surface area contributed by atoms with Gasteiger partial charge in [0, 0.05) is 13.0 Å². The largest absolute Gasteiger partial charge is 0.394 e. The summed E-state index contributed by atoms with van der Waals surface area (Å²) in [6, 6.07) is 0. The molecule has 10 nitrogen and oxygen atoms in total. The van der Waals surface area contributed by atoms with Gasteiger partial charge in [0.25, 0.3) is 0 Å². The first-order valence-electron chi connectivity index (χ1n) is 7.81. The molecule has 0 spiro atoms. The second-order valence-corrected chi connectivity index (χ2v) is 6.21.